The fourth-order valence-electron chi connectivity index (χ4n) is 1.11. The highest BCUT2D eigenvalue weighted by Gasteiger charge is 2.12. The summed E-state index contributed by atoms with van der Waals surface area (Å²) in [5.74, 6) is -0.349. The lowest BCUT2D eigenvalue weighted by molar-refractivity contribution is 0.102. The van der Waals surface area contributed by atoms with Gasteiger partial charge < -0.3 is 5.32 Å². The van der Waals surface area contributed by atoms with Crippen molar-refractivity contribution < 1.29 is 4.79 Å². The maximum Gasteiger partial charge on any atom is 0.286 e. The van der Waals surface area contributed by atoms with Gasteiger partial charge in [0.1, 0.15) is 4.60 Å². The average molecular weight is 334 g/mol. The highest BCUT2D eigenvalue weighted by Crippen LogP contribution is 2.19. The van der Waals surface area contributed by atoms with Crippen molar-refractivity contribution >= 4 is 50.5 Å². The molecule has 0 saturated heterocycles. The van der Waals surface area contributed by atoms with Gasteiger partial charge in [0.15, 0.2) is 0 Å². The van der Waals surface area contributed by atoms with Crippen LogP contribution in [-0.4, -0.2) is 21.1 Å². The molecule has 0 spiro atoms. The Kier molecular flexibility index (Phi) is 3.70. The third-order valence-electron chi connectivity index (χ3n) is 1.87. The molecule has 2 aromatic rings. The summed E-state index contributed by atoms with van der Waals surface area (Å²) in [7, 11) is 0. The van der Waals surface area contributed by atoms with Gasteiger partial charge >= 0.3 is 0 Å². The van der Waals surface area contributed by atoms with E-state index in [-0.39, 0.29) is 15.4 Å². The minimum absolute atomic E-state index is 0.218. The van der Waals surface area contributed by atoms with E-state index in [1.165, 1.54) is 0 Å². The van der Waals surface area contributed by atoms with Crippen molar-refractivity contribution in [2.75, 3.05) is 5.32 Å². The molecular weight excluding hydrogens is 328 g/mol. The number of halogens is 2. The summed E-state index contributed by atoms with van der Waals surface area (Å²) in [5.41, 5.74) is 1.53. The molecule has 88 valence electrons. The van der Waals surface area contributed by atoms with Crippen molar-refractivity contribution in [1.29, 1.82) is 0 Å². The fourth-order valence-corrected chi connectivity index (χ4v) is 2.05. The normalized spacial score (nSPS) is 10.3. The van der Waals surface area contributed by atoms with E-state index in [1.54, 1.807) is 12.3 Å². The lowest BCUT2D eigenvalue weighted by Crippen LogP contribution is -2.12. The van der Waals surface area contributed by atoms with Gasteiger partial charge in [-0.1, -0.05) is 11.3 Å². The third-order valence-corrected chi connectivity index (χ3v) is 3.71. The maximum absolute atomic E-state index is 11.7. The number of anilines is 1. The zero-order chi connectivity index (χ0) is 12.4. The molecule has 0 radical (unpaired) electrons. The van der Waals surface area contributed by atoms with Gasteiger partial charge in [-0.15, -0.1) is 10.2 Å². The van der Waals surface area contributed by atoms with Crippen LogP contribution in [0.4, 0.5) is 5.69 Å². The van der Waals surface area contributed by atoms with E-state index in [1.807, 2.05) is 6.92 Å². The lowest BCUT2D eigenvalue weighted by atomic mass is 10.3. The maximum atomic E-state index is 11.7. The number of carbonyl (C=O) groups excluding carboxylic acids is 1. The first-order chi connectivity index (χ1) is 8.06. The topological polar surface area (TPSA) is 67.8 Å². The van der Waals surface area contributed by atoms with Crippen molar-refractivity contribution in [2.45, 2.75) is 6.92 Å². The lowest BCUT2D eigenvalue weighted by Gasteiger charge is -2.04. The summed E-state index contributed by atoms with van der Waals surface area (Å²) in [6.07, 6.45) is 1.55. The summed E-state index contributed by atoms with van der Waals surface area (Å²) >= 11 is 9.91. The van der Waals surface area contributed by atoms with Crippen LogP contribution in [0.5, 0.6) is 0 Å². The summed E-state index contributed by atoms with van der Waals surface area (Å²) in [5, 5.41) is 10.1. The number of aryl methyl sites for hydroxylation is 1. The first-order valence-corrected chi connectivity index (χ1v) is 6.47. The molecule has 0 aliphatic heterocycles. The van der Waals surface area contributed by atoms with Crippen LogP contribution < -0.4 is 5.32 Å². The molecule has 2 aromatic heterocycles. The van der Waals surface area contributed by atoms with Crippen molar-refractivity contribution in [3.63, 3.8) is 0 Å². The van der Waals surface area contributed by atoms with Crippen LogP contribution in [0, 0.1) is 6.92 Å². The monoisotopic (exact) mass is 332 g/mol. The molecule has 0 aromatic carbocycles. The van der Waals surface area contributed by atoms with Crippen LogP contribution in [-0.2, 0) is 0 Å². The van der Waals surface area contributed by atoms with Crippen LogP contribution in [0.2, 0.25) is 4.47 Å². The Morgan fingerprint density at radius 2 is 2.29 bits per heavy atom. The number of aromatic nitrogens is 3. The van der Waals surface area contributed by atoms with Crippen molar-refractivity contribution in [2.24, 2.45) is 0 Å². The number of pyridine rings is 1. The number of hydrogen-bond donors (Lipinski definition) is 1. The Labute approximate surface area is 114 Å². The van der Waals surface area contributed by atoms with Crippen molar-refractivity contribution in [1.82, 2.24) is 15.2 Å². The van der Waals surface area contributed by atoms with E-state index >= 15 is 0 Å². The van der Waals surface area contributed by atoms with Crippen LogP contribution in [0.1, 0.15) is 15.4 Å². The highest BCUT2D eigenvalue weighted by atomic mass is 79.9. The predicted octanol–water partition coefficient (Wildman–Crippen LogP) is 2.91. The second-order valence-electron chi connectivity index (χ2n) is 3.15. The first kappa shape index (κ1) is 12.4. The second kappa shape index (κ2) is 5.07. The predicted molar refractivity (Wildman–Crippen MR) is 69.5 cm³/mol. The molecule has 17 heavy (non-hydrogen) atoms. The quantitative estimate of drug-likeness (QED) is 0.858. The van der Waals surface area contributed by atoms with Crippen molar-refractivity contribution in [3.05, 3.63) is 31.9 Å². The number of rotatable bonds is 2. The molecular formula is C9H6BrClN4OS. The average Bonchev–Trinajstić information content (AvgIpc) is 2.70. The van der Waals surface area contributed by atoms with E-state index in [0.717, 1.165) is 21.5 Å². The number of nitrogens with one attached hydrogen (secondary N) is 1. The molecule has 0 fully saturated rings. The summed E-state index contributed by atoms with van der Waals surface area (Å²) in [6.45, 7) is 1.88. The van der Waals surface area contributed by atoms with Crippen LogP contribution >= 0.6 is 38.9 Å². The molecule has 0 aliphatic rings. The van der Waals surface area contributed by atoms with E-state index in [0.29, 0.717) is 5.69 Å². The molecule has 2 rings (SSSR count). The smallest absolute Gasteiger partial charge is 0.286 e. The Morgan fingerprint density at radius 1 is 1.53 bits per heavy atom. The molecule has 1 N–H and O–H groups in total. The SMILES string of the molecule is Cc1cc(NC(=O)c2nnc(Cl)s2)cnc1Br. The van der Waals surface area contributed by atoms with E-state index in [4.69, 9.17) is 11.6 Å². The molecule has 0 saturated carbocycles. The standard InChI is InChI=1S/C9H6BrClN4OS/c1-4-2-5(3-12-6(4)10)13-7(16)8-14-15-9(11)17-8/h2-3H,1H3,(H,13,16). The third kappa shape index (κ3) is 2.99. The summed E-state index contributed by atoms with van der Waals surface area (Å²) in [4.78, 5) is 15.8. The first-order valence-electron chi connectivity index (χ1n) is 4.49. The minimum Gasteiger partial charge on any atom is -0.318 e. The van der Waals surface area contributed by atoms with Crippen molar-refractivity contribution in [3.8, 4) is 0 Å². The van der Waals surface area contributed by atoms with Gasteiger partial charge in [0.25, 0.3) is 5.91 Å². The number of nitrogens with zero attached hydrogens (tertiary/aromatic N) is 3. The van der Waals surface area contributed by atoms with E-state index < -0.39 is 0 Å². The van der Waals surface area contributed by atoms with Gasteiger partial charge in [0.2, 0.25) is 9.47 Å². The minimum atomic E-state index is -0.349. The molecule has 2 heterocycles. The van der Waals surface area contributed by atoms with Crippen LogP contribution in [0.25, 0.3) is 0 Å². The Balaban J connectivity index is 2.15. The van der Waals surface area contributed by atoms with Crippen LogP contribution in [0.15, 0.2) is 16.9 Å². The summed E-state index contributed by atoms with van der Waals surface area (Å²) < 4.78 is 0.981. The Hall–Kier alpha value is -1.05. The second-order valence-corrected chi connectivity index (χ2v) is 5.46. The summed E-state index contributed by atoms with van der Waals surface area (Å²) in [6, 6.07) is 1.80. The largest absolute Gasteiger partial charge is 0.318 e. The molecule has 0 bridgehead atoms. The zero-order valence-electron chi connectivity index (χ0n) is 8.57. The number of amides is 1. The Bertz CT molecular complexity index is 574. The van der Waals surface area contributed by atoms with Gasteiger partial charge in [0.05, 0.1) is 11.9 Å². The van der Waals surface area contributed by atoms with Gasteiger partial charge in [0, 0.05) is 0 Å². The molecule has 1 amide bonds. The Morgan fingerprint density at radius 3 is 2.88 bits per heavy atom. The van der Waals surface area contributed by atoms with Gasteiger partial charge in [-0.2, -0.15) is 0 Å². The van der Waals surface area contributed by atoms with Crippen LogP contribution in [0.3, 0.4) is 0 Å². The highest BCUT2D eigenvalue weighted by molar-refractivity contribution is 9.10. The number of carbonyl (C=O) groups is 1. The van der Waals surface area contributed by atoms with Gasteiger partial charge in [-0.3, -0.25) is 4.79 Å². The molecule has 0 unspecified atom stereocenters. The van der Waals surface area contributed by atoms with E-state index in [9.17, 15) is 4.79 Å². The molecule has 0 aliphatic carbocycles. The number of hydrogen-bond acceptors (Lipinski definition) is 5. The molecule has 5 nitrogen and oxygen atoms in total. The zero-order valence-corrected chi connectivity index (χ0v) is 11.7. The van der Waals surface area contributed by atoms with E-state index in [2.05, 4.69) is 36.4 Å². The fraction of sp³-hybridized carbons (Fsp3) is 0.111. The molecule has 8 heteroatoms. The van der Waals surface area contributed by atoms with Gasteiger partial charge in [-0.05, 0) is 46.1 Å². The molecule has 0 atom stereocenters. The van der Waals surface area contributed by atoms with Gasteiger partial charge in [-0.25, -0.2) is 4.98 Å².